The first-order valence-corrected chi connectivity index (χ1v) is 8.87. The number of hydrogen-bond acceptors (Lipinski definition) is 5. The summed E-state index contributed by atoms with van der Waals surface area (Å²) in [6.07, 6.45) is 7.07. The van der Waals surface area contributed by atoms with Crippen LogP contribution in [0.3, 0.4) is 0 Å². The van der Waals surface area contributed by atoms with Crippen LogP contribution in [-0.2, 0) is 9.47 Å². The largest absolute Gasteiger partial charge is 0.459 e. The van der Waals surface area contributed by atoms with Crippen LogP contribution in [-0.4, -0.2) is 39.8 Å². The van der Waals surface area contributed by atoms with Crippen molar-refractivity contribution in [3.63, 3.8) is 0 Å². The molecule has 0 aliphatic heterocycles. The van der Waals surface area contributed by atoms with Crippen molar-refractivity contribution in [1.29, 1.82) is 0 Å². The van der Waals surface area contributed by atoms with Crippen LogP contribution in [0.4, 0.5) is 0 Å². The van der Waals surface area contributed by atoms with E-state index >= 15 is 0 Å². The van der Waals surface area contributed by atoms with E-state index in [4.69, 9.17) is 9.47 Å². The highest BCUT2D eigenvalue weighted by Gasteiger charge is 2.25. The number of rotatable bonds is 4. The number of methoxy groups -OCH3 is 1. The van der Waals surface area contributed by atoms with Crippen molar-refractivity contribution in [3.8, 4) is 5.82 Å². The summed E-state index contributed by atoms with van der Waals surface area (Å²) in [5.74, 6) is 0.383. The third kappa shape index (κ3) is 3.32. The lowest BCUT2D eigenvalue weighted by Crippen LogP contribution is -2.29. The fraction of sp³-hybridized carbons (Fsp3) is 0.350. The van der Waals surface area contributed by atoms with Gasteiger partial charge in [0.15, 0.2) is 0 Å². The molecule has 2 aromatic heterocycles. The minimum Gasteiger partial charge on any atom is -0.459 e. The van der Waals surface area contributed by atoms with Crippen molar-refractivity contribution < 1.29 is 14.3 Å². The summed E-state index contributed by atoms with van der Waals surface area (Å²) >= 11 is 0. The molecule has 26 heavy (non-hydrogen) atoms. The maximum atomic E-state index is 12.4. The first-order chi connectivity index (χ1) is 12.7. The molecule has 6 nitrogen and oxygen atoms in total. The van der Waals surface area contributed by atoms with E-state index in [0.29, 0.717) is 11.4 Å². The highest BCUT2D eigenvalue weighted by atomic mass is 16.5. The van der Waals surface area contributed by atoms with Gasteiger partial charge in [0.2, 0.25) is 0 Å². The van der Waals surface area contributed by atoms with Crippen molar-refractivity contribution in [3.05, 3.63) is 54.5 Å². The highest BCUT2D eigenvalue weighted by molar-refractivity contribution is 5.89. The van der Waals surface area contributed by atoms with Gasteiger partial charge in [-0.1, -0.05) is 12.1 Å². The number of carbonyl (C=O) groups excluding carboxylic acids is 1. The molecule has 1 saturated carbocycles. The second-order valence-corrected chi connectivity index (χ2v) is 6.56. The minimum atomic E-state index is -0.332. The molecular weight excluding hydrogens is 330 g/mol. The quantitative estimate of drug-likeness (QED) is 0.673. The number of nitrogens with zero attached hydrogens (tertiary/aromatic N) is 3. The van der Waals surface area contributed by atoms with Gasteiger partial charge in [0.05, 0.1) is 22.7 Å². The number of aromatic nitrogens is 3. The van der Waals surface area contributed by atoms with Crippen molar-refractivity contribution in [2.24, 2.45) is 0 Å². The molecule has 1 fully saturated rings. The average Bonchev–Trinajstić information content (AvgIpc) is 3.12. The Morgan fingerprint density at radius 3 is 2.77 bits per heavy atom. The maximum Gasteiger partial charge on any atom is 0.339 e. The molecule has 2 unspecified atom stereocenters. The number of fused-ring (bicyclic) bond motifs is 1. The van der Waals surface area contributed by atoms with Crippen LogP contribution in [0.2, 0.25) is 0 Å². The van der Waals surface area contributed by atoms with Gasteiger partial charge in [-0.3, -0.25) is 4.57 Å². The van der Waals surface area contributed by atoms with Crippen LogP contribution in [0.25, 0.3) is 16.9 Å². The van der Waals surface area contributed by atoms with Crippen molar-refractivity contribution in [1.82, 2.24) is 14.5 Å². The molecule has 0 saturated heterocycles. The fourth-order valence-electron chi connectivity index (χ4n) is 3.43. The Bertz CT molecular complexity index is 904. The van der Waals surface area contributed by atoms with Crippen LogP contribution in [0.1, 0.15) is 36.0 Å². The molecule has 1 aliphatic carbocycles. The molecule has 6 heteroatoms. The van der Waals surface area contributed by atoms with Gasteiger partial charge < -0.3 is 9.47 Å². The normalized spacial score (nSPS) is 20.2. The molecule has 2 atom stereocenters. The number of hydrogen-bond donors (Lipinski definition) is 0. The van der Waals surface area contributed by atoms with E-state index in [1.807, 2.05) is 34.9 Å². The Morgan fingerprint density at radius 2 is 1.96 bits per heavy atom. The number of imidazole rings is 1. The molecule has 134 valence electrons. The Labute approximate surface area is 151 Å². The number of para-hydroxylation sites is 2. The second-order valence-electron chi connectivity index (χ2n) is 6.56. The van der Waals surface area contributed by atoms with E-state index in [1.54, 1.807) is 25.7 Å². The smallest absolute Gasteiger partial charge is 0.339 e. The molecule has 1 aliphatic rings. The zero-order chi connectivity index (χ0) is 17.9. The molecule has 0 amide bonds. The van der Waals surface area contributed by atoms with E-state index < -0.39 is 0 Å². The van der Waals surface area contributed by atoms with Gasteiger partial charge >= 0.3 is 5.97 Å². The first kappa shape index (κ1) is 16.7. The Balaban J connectivity index is 1.48. The number of esters is 1. The molecule has 1 aromatic carbocycles. The Kier molecular flexibility index (Phi) is 4.67. The fourth-order valence-corrected chi connectivity index (χ4v) is 3.43. The third-order valence-corrected chi connectivity index (χ3v) is 4.87. The monoisotopic (exact) mass is 351 g/mol. The predicted octanol–water partition coefficient (Wildman–Crippen LogP) is 3.53. The highest BCUT2D eigenvalue weighted by Crippen LogP contribution is 2.24. The molecule has 3 aromatic rings. The number of ether oxygens (including phenoxy) is 2. The molecule has 0 bridgehead atoms. The van der Waals surface area contributed by atoms with Crippen molar-refractivity contribution in [2.75, 3.05) is 7.11 Å². The summed E-state index contributed by atoms with van der Waals surface area (Å²) in [4.78, 5) is 21.2. The van der Waals surface area contributed by atoms with E-state index in [2.05, 4.69) is 9.97 Å². The SMILES string of the molecule is COC1CCCC(OC(=O)c2ccc(-n3cnc4ccccc43)nc2)C1. The summed E-state index contributed by atoms with van der Waals surface area (Å²) in [6.45, 7) is 0. The summed E-state index contributed by atoms with van der Waals surface area (Å²) in [5, 5.41) is 0. The lowest BCUT2D eigenvalue weighted by atomic mass is 9.95. The van der Waals surface area contributed by atoms with Gasteiger partial charge in [0.25, 0.3) is 0 Å². The second kappa shape index (κ2) is 7.25. The summed E-state index contributed by atoms with van der Waals surface area (Å²) in [6, 6.07) is 11.4. The maximum absolute atomic E-state index is 12.4. The first-order valence-electron chi connectivity index (χ1n) is 8.87. The lowest BCUT2D eigenvalue weighted by molar-refractivity contribution is -0.0149. The third-order valence-electron chi connectivity index (χ3n) is 4.87. The van der Waals surface area contributed by atoms with Gasteiger partial charge in [0, 0.05) is 19.7 Å². The number of pyridine rings is 1. The number of benzene rings is 1. The average molecular weight is 351 g/mol. The standard InChI is InChI=1S/C20H21N3O3/c1-25-15-5-4-6-16(11-15)26-20(24)14-9-10-19(21-12-14)23-13-22-17-7-2-3-8-18(17)23/h2-3,7-10,12-13,15-16H,4-6,11H2,1H3. The molecule has 2 heterocycles. The molecule has 0 spiro atoms. The van der Waals surface area contributed by atoms with E-state index in [9.17, 15) is 4.79 Å². The van der Waals surface area contributed by atoms with Gasteiger partial charge in [-0.25, -0.2) is 14.8 Å². The van der Waals surface area contributed by atoms with Crippen LogP contribution >= 0.6 is 0 Å². The van der Waals surface area contributed by atoms with Crippen LogP contribution < -0.4 is 0 Å². The Morgan fingerprint density at radius 1 is 1.12 bits per heavy atom. The molecular formula is C20H21N3O3. The van der Waals surface area contributed by atoms with Gasteiger partial charge in [-0.15, -0.1) is 0 Å². The number of carbonyl (C=O) groups is 1. The van der Waals surface area contributed by atoms with E-state index in [0.717, 1.165) is 36.7 Å². The van der Waals surface area contributed by atoms with E-state index in [-0.39, 0.29) is 18.2 Å². The molecule has 0 N–H and O–H groups in total. The van der Waals surface area contributed by atoms with Gasteiger partial charge in [-0.05, 0) is 43.5 Å². The summed E-state index contributed by atoms with van der Waals surface area (Å²) in [7, 11) is 1.71. The van der Waals surface area contributed by atoms with Gasteiger partial charge in [-0.2, -0.15) is 0 Å². The van der Waals surface area contributed by atoms with Gasteiger partial charge in [0.1, 0.15) is 18.2 Å². The Hall–Kier alpha value is -2.73. The lowest BCUT2D eigenvalue weighted by Gasteiger charge is -2.27. The molecule has 0 radical (unpaired) electrons. The van der Waals surface area contributed by atoms with Crippen LogP contribution in [0, 0.1) is 0 Å². The van der Waals surface area contributed by atoms with Crippen LogP contribution in [0.15, 0.2) is 48.9 Å². The van der Waals surface area contributed by atoms with E-state index in [1.165, 1.54) is 0 Å². The summed E-state index contributed by atoms with van der Waals surface area (Å²) < 4.78 is 12.9. The summed E-state index contributed by atoms with van der Waals surface area (Å²) in [5.41, 5.74) is 2.34. The van der Waals surface area contributed by atoms with Crippen LogP contribution in [0.5, 0.6) is 0 Å². The predicted molar refractivity (Wildman–Crippen MR) is 97.3 cm³/mol. The zero-order valence-electron chi connectivity index (χ0n) is 14.7. The molecule has 4 rings (SSSR count). The van der Waals surface area contributed by atoms with Crippen molar-refractivity contribution >= 4 is 17.0 Å². The van der Waals surface area contributed by atoms with Crippen molar-refractivity contribution in [2.45, 2.75) is 37.9 Å². The zero-order valence-corrected chi connectivity index (χ0v) is 14.7. The minimum absolute atomic E-state index is 0.0848. The topological polar surface area (TPSA) is 66.2 Å².